The van der Waals surface area contributed by atoms with Crippen molar-refractivity contribution in [1.29, 1.82) is 0 Å². The molecule has 4 heteroatoms. The summed E-state index contributed by atoms with van der Waals surface area (Å²) >= 11 is 0. The minimum atomic E-state index is 0.216. The summed E-state index contributed by atoms with van der Waals surface area (Å²) < 4.78 is 0. The van der Waals surface area contributed by atoms with Crippen LogP contribution in [0.1, 0.15) is 19.3 Å². The standard InChI is InChI=1S/C14H30N4/c1-16-8-5-13(9-16)10-18(3)14(11-15)6-4-7-17(2)12-14/h13H,4-12,15H2,1-3H3. The fraction of sp³-hybridized carbons (Fsp3) is 1.00. The summed E-state index contributed by atoms with van der Waals surface area (Å²) in [4.78, 5) is 7.45. The quantitative estimate of drug-likeness (QED) is 0.782. The molecule has 18 heavy (non-hydrogen) atoms. The lowest BCUT2D eigenvalue weighted by Gasteiger charge is -2.47. The van der Waals surface area contributed by atoms with Crippen molar-refractivity contribution in [2.24, 2.45) is 11.7 Å². The lowest BCUT2D eigenvalue weighted by molar-refractivity contribution is 0.0354. The third-order valence-electron chi connectivity index (χ3n) is 4.96. The number of hydrogen-bond acceptors (Lipinski definition) is 4. The van der Waals surface area contributed by atoms with Crippen LogP contribution in [0.15, 0.2) is 0 Å². The Bertz CT molecular complexity index is 271. The van der Waals surface area contributed by atoms with E-state index in [-0.39, 0.29) is 5.54 Å². The van der Waals surface area contributed by atoms with E-state index in [1.807, 2.05) is 0 Å². The zero-order valence-corrected chi connectivity index (χ0v) is 12.4. The van der Waals surface area contributed by atoms with Crippen molar-refractivity contribution in [2.75, 3.05) is 60.4 Å². The maximum Gasteiger partial charge on any atom is 0.0455 e. The number of hydrogen-bond donors (Lipinski definition) is 1. The molecule has 0 aromatic carbocycles. The van der Waals surface area contributed by atoms with Gasteiger partial charge in [0.1, 0.15) is 0 Å². The Morgan fingerprint density at radius 3 is 2.61 bits per heavy atom. The molecule has 2 heterocycles. The van der Waals surface area contributed by atoms with E-state index in [4.69, 9.17) is 5.73 Å². The lowest BCUT2D eigenvalue weighted by Crippen LogP contribution is -2.61. The van der Waals surface area contributed by atoms with E-state index in [1.54, 1.807) is 0 Å². The minimum absolute atomic E-state index is 0.216. The van der Waals surface area contributed by atoms with Gasteiger partial charge in [0.25, 0.3) is 0 Å². The maximum atomic E-state index is 6.12. The van der Waals surface area contributed by atoms with Crippen molar-refractivity contribution in [3.05, 3.63) is 0 Å². The van der Waals surface area contributed by atoms with E-state index in [9.17, 15) is 0 Å². The molecule has 0 amide bonds. The van der Waals surface area contributed by atoms with Gasteiger partial charge in [0.2, 0.25) is 0 Å². The van der Waals surface area contributed by atoms with Gasteiger partial charge >= 0.3 is 0 Å². The zero-order valence-electron chi connectivity index (χ0n) is 12.4. The Balaban J connectivity index is 1.94. The van der Waals surface area contributed by atoms with Crippen LogP contribution >= 0.6 is 0 Å². The van der Waals surface area contributed by atoms with Crippen LogP contribution in [0.3, 0.4) is 0 Å². The van der Waals surface area contributed by atoms with Gasteiger partial charge in [-0.15, -0.1) is 0 Å². The average molecular weight is 254 g/mol. The van der Waals surface area contributed by atoms with Crippen molar-refractivity contribution >= 4 is 0 Å². The van der Waals surface area contributed by atoms with E-state index in [2.05, 4.69) is 35.8 Å². The molecule has 0 aromatic rings. The van der Waals surface area contributed by atoms with Crippen LogP contribution in [-0.4, -0.2) is 80.7 Å². The molecule has 0 aliphatic carbocycles. The first-order valence-electron chi connectivity index (χ1n) is 7.34. The number of rotatable bonds is 4. The third kappa shape index (κ3) is 3.05. The molecule has 2 N–H and O–H groups in total. The molecule has 0 saturated carbocycles. The Morgan fingerprint density at radius 1 is 1.28 bits per heavy atom. The van der Waals surface area contributed by atoms with Gasteiger partial charge in [-0.05, 0) is 59.4 Å². The van der Waals surface area contributed by atoms with Gasteiger partial charge in [0.15, 0.2) is 0 Å². The van der Waals surface area contributed by atoms with Crippen LogP contribution in [0.5, 0.6) is 0 Å². The van der Waals surface area contributed by atoms with Crippen molar-refractivity contribution in [3.8, 4) is 0 Å². The van der Waals surface area contributed by atoms with E-state index in [0.29, 0.717) is 0 Å². The first kappa shape index (κ1) is 14.3. The topological polar surface area (TPSA) is 35.7 Å². The van der Waals surface area contributed by atoms with E-state index < -0.39 is 0 Å². The van der Waals surface area contributed by atoms with Gasteiger partial charge in [0.05, 0.1) is 0 Å². The number of nitrogens with zero attached hydrogens (tertiary/aromatic N) is 3. The highest BCUT2D eigenvalue weighted by molar-refractivity contribution is 4.96. The molecular weight excluding hydrogens is 224 g/mol. The fourth-order valence-electron chi connectivity index (χ4n) is 3.73. The van der Waals surface area contributed by atoms with Gasteiger partial charge in [-0.25, -0.2) is 0 Å². The Hall–Kier alpha value is -0.160. The molecule has 2 unspecified atom stereocenters. The molecule has 2 aliphatic heterocycles. The highest BCUT2D eigenvalue weighted by atomic mass is 15.3. The summed E-state index contributed by atoms with van der Waals surface area (Å²) in [5.41, 5.74) is 6.34. The van der Waals surface area contributed by atoms with Gasteiger partial charge in [-0.2, -0.15) is 0 Å². The molecule has 0 spiro atoms. The molecule has 2 fully saturated rings. The number of likely N-dealkylation sites (N-methyl/N-ethyl adjacent to an activating group) is 2. The molecule has 0 aromatic heterocycles. The Morgan fingerprint density at radius 2 is 2.06 bits per heavy atom. The molecular formula is C14H30N4. The lowest BCUT2D eigenvalue weighted by atomic mass is 9.87. The van der Waals surface area contributed by atoms with Crippen molar-refractivity contribution in [2.45, 2.75) is 24.8 Å². The van der Waals surface area contributed by atoms with Crippen LogP contribution in [-0.2, 0) is 0 Å². The monoisotopic (exact) mass is 254 g/mol. The second kappa shape index (κ2) is 5.87. The van der Waals surface area contributed by atoms with Gasteiger partial charge in [-0.3, -0.25) is 4.90 Å². The molecule has 2 rings (SSSR count). The molecule has 2 saturated heterocycles. The molecule has 0 bridgehead atoms. The summed E-state index contributed by atoms with van der Waals surface area (Å²) in [5.74, 6) is 0.829. The number of likely N-dealkylation sites (tertiary alicyclic amines) is 2. The van der Waals surface area contributed by atoms with Crippen LogP contribution in [0.25, 0.3) is 0 Å². The highest BCUT2D eigenvalue weighted by Gasteiger charge is 2.38. The van der Waals surface area contributed by atoms with Crippen LogP contribution in [0.4, 0.5) is 0 Å². The van der Waals surface area contributed by atoms with Gasteiger partial charge < -0.3 is 15.5 Å². The fourth-order valence-corrected chi connectivity index (χ4v) is 3.73. The maximum absolute atomic E-state index is 6.12. The Kier molecular flexibility index (Phi) is 4.64. The zero-order chi connectivity index (χ0) is 13.2. The Labute approximate surface area is 112 Å². The summed E-state index contributed by atoms with van der Waals surface area (Å²) in [6, 6.07) is 0. The van der Waals surface area contributed by atoms with Crippen LogP contribution in [0, 0.1) is 5.92 Å². The van der Waals surface area contributed by atoms with Gasteiger partial charge in [0, 0.05) is 31.7 Å². The number of piperidine rings is 1. The highest BCUT2D eigenvalue weighted by Crippen LogP contribution is 2.27. The molecule has 2 aliphatic rings. The minimum Gasteiger partial charge on any atom is -0.329 e. The molecule has 2 atom stereocenters. The summed E-state index contributed by atoms with van der Waals surface area (Å²) in [7, 11) is 6.73. The molecule has 106 valence electrons. The average Bonchev–Trinajstić information content (AvgIpc) is 2.74. The number of nitrogens with two attached hydrogens (primary N) is 1. The first-order chi connectivity index (χ1) is 8.55. The van der Waals surface area contributed by atoms with E-state index in [0.717, 1.165) is 19.0 Å². The second-order valence-electron chi connectivity index (χ2n) is 6.57. The predicted molar refractivity (Wildman–Crippen MR) is 76.8 cm³/mol. The summed E-state index contributed by atoms with van der Waals surface area (Å²) in [6.07, 6.45) is 3.88. The molecule has 0 radical (unpaired) electrons. The largest absolute Gasteiger partial charge is 0.329 e. The first-order valence-corrected chi connectivity index (χ1v) is 7.34. The molecule has 4 nitrogen and oxygen atoms in total. The summed E-state index contributed by atoms with van der Waals surface area (Å²) in [5, 5.41) is 0. The van der Waals surface area contributed by atoms with Crippen LogP contribution < -0.4 is 5.73 Å². The van der Waals surface area contributed by atoms with Crippen molar-refractivity contribution in [1.82, 2.24) is 14.7 Å². The van der Waals surface area contributed by atoms with E-state index in [1.165, 1.54) is 45.4 Å². The summed E-state index contributed by atoms with van der Waals surface area (Å²) in [6.45, 7) is 6.85. The van der Waals surface area contributed by atoms with Crippen LogP contribution in [0.2, 0.25) is 0 Å². The normalized spacial score (nSPS) is 35.5. The van der Waals surface area contributed by atoms with Crippen molar-refractivity contribution in [3.63, 3.8) is 0 Å². The second-order valence-corrected chi connectivity index (χ2v) is 6.57. The predicted octanol–water partition coefficient (Wildman–Crippen LogP) is 0.293. The SMILES string of the molecule is CN1CCC(CN(C)C2(CN)CCCN(C)C2)C1. The van der Waals surface area contributed by atoms with Crippen molar-refractivity contribution < 1.29 is 0 Å². The van der Waals surface area contributed by atoms with E-state index >= 15 is 0 Å². The van der Waals surface area contributed by atoms with Gasteiger partial charge in [-0.1, -0.05) is 0 Å². The smallest absolute Gasteiger partial charge is 0.0455 e. The third-order valence-corrected chi connectivity index (χ3v) is 4.96.